The third kappa shape index (κ3) is 3.95. The summed E-state index contributed by atoms with van der Waals surface area (Å²) in [5.74, 6) is 5.57. The highest BCUT2D eigenvalue weighted by molar-refractivity contribution is 5.41. The Morgan fingerprint density at radius 1 is 1.26 bits per heavy atom. The van der Waals surface area contributed by atoms with Gasteiger partial charge in [0.1, 0.15) is 24.8 Å². The number of halogens is 1. The molecule has 1 N–H and O–H groups in total. The lowest BCUT2D eigenvalue weighted by atomic mass is 10.1. The van der Waals surface area contributed by atoms with E-state index in [2.05, 4.69) is 11.8 Å². The Kier molecular flexibility index (Phi) is 4.73. The Morgan fingerprint density at radius 3 is 2.89 bits per heavy atom. The van der Waals surface area contributed by atoms with Crippen molar-refractivity contribution >= 4 is 0 Å². The van der Waals surface area contributed by atoms with E-state index in [1.54, 1.807) is 18.4 Å². The summed E-state index contributed by atoms with van der Waals surface area (Å²) in [5.41, 5.74) is 1.29. The minimum absolute atomic E-state index is 0.261. The molecule has 98 valence electrons. The lowest BCUT2D eigenvalue weighted by Gasteiger charge is -2.05. The molecule has 0 aliphatic carbocycles. The Balaban J connectivity index is 2.02. The van der Waals surface area contributed by atoms with Crippen LogP contribution in [0.25, 0.3) is 0 Å². The monoisotopic (exact) mass is 260 g/mol. The fourth-order valence-electron chi connectivity index (χ4n) is 1.58. The topological polar surface area (TPSA) is 42.6 Å². The van der Waals surface area contributed by atoms with Crippen LogP contribution in [-0.2, 0) is 18.0 Å². The van der Waals surface area contributed by atoms with Crippen LogP contribution in [0.1, 0.15) is 16.9 Å². The summed E-state index contributed by atoms with van der Waals surface area (Å²) in [6.07, 6.45) is 1.58. The Bertz CT molecular complexity index is 579. The molecule has 2 aromatic rings. The molecule has 0 aliphatic heterocycles. The largest absolute Gasteiger partial charge is 0.467 e. The number of aliphatic hydroxyl groups is 1. The van der Waals surface area contributed by atoms with Crippen molar-refractivity contribution in [3.63, 3.8) is 0 Å². The number of ether oxygens (including phenoxy) is 1. The van der Waals surface area contributed by atoms with Gasteiger partial charge in [-0.2, -0.15) is 0 Å². The first kappa shape index (κ1) is 13.3. The van der Waals surface area contributed by atoms with E-state index < -0.39 is 0 Å². The van der Waals surface area contributed by atoms with Crippen LogP contribution in [0.5, 0.6) is 0 Å². The molecule has 1 heterocycles. The zero-order valence-electron chi connectivity index (χ0n) is 10.2. The third-order valence-electron chi connectivity index (χ3n) is 2.46. The number of furan rings is 1. The summed E-state index contributed by atoms with van der Waals surface area (Å²) in [5, 5.41) is 8.68. The van der Waals surface area contributed by atoms with Crippen molar-refractivity contribution in [2.24, 2.45) is 0 Å². The summed E-state index contributed by atoms with van der Waals surface area (Å²) in [4.78, 5) is 0. The van der Waals surface area contributed by atoms with Crippen LogP contribution < -0.4 is 0 Å². The Labute approximate surface area is 110 Å². The zero-order valence-corrected chi connectivity index (χ0v) is 10.2. The second-order valence-corrected chi connectivity index (χ2v) is 3.83. The van der Waals surface area contributed by atoms with Crippen LogP contribution in [0, 0.1) is 17.7 Å². The summed E-state index contributed by atoms with van der Waals surface area (Å²) < 4.78 is 23.8. The summed E-state index contributed by atoms with van der Waals surface area (Å²) in [6.45, 7) is 0.386. The molecule has 3 nitrogen and oxygen atoms in total. The lowest BCUT2D eigenvalue weighted by Crippen LogP contribution is -1.97. The van der Waals surface area contributed by atoms with Crippen molar-refractivity contribution in [1.82, 2.24) is 0 Å². The summed E-state index contributed by atoms with van der Waals surface area (Å²) in [7, 11) is 0. The maximum absolute atomic E-state index is 13.1. The maximum atomic E-state index is 13.1. The molecule has 0 fully saturated rings. The van der Waals surface area contributed by atoms with E-state index in [9.17, 15) is 4.39 Å². The standard InChI is InChI=1S/C15H13FO3/c16-14-6-5-13(12(9-14)3-1-7-17)10-18-11-15-4-2-8-19-15/h2,4-6,8-9,17H,7,10-11H2. The molecule has 1 aromatic heterocycles. The first-order chi connectivity index (χ1) is 9.29. The van der Waals surface area contributed by atoms with Crippen LogP contribution in [0.2, 0.25) is 0 Å². The number of rotatable bonds is 4. The average molecular weight is 260 g/mol. The van der Waals surface area contributed by atoms with Crippen molar-refractivity contribution < 1.29 is 18.7 Å². The molecule has 2 rings (SSSR count). The van der Waals surface area contributed by atoms with Gasteiger partial charge in [-0.05, 0) is 29.8 Å². The Hall–Kier alpha value is -2.09. The molecular formula is C15H13FO3. The molecule has 0 amide bonds. The first-order valence-corrected chi connectivity index (χ1v) is 5.78. The summed E-state index contributed by atoms with van der Waals surface area (Å²) in [6, 6.07) is 7.91. The van der Waals surface area contributed by atoms with Crippen LogP contribution in [0.3, 0.4) is 0 Å². The van der Waals surface area contributed by atoms with E-state index >= 15 is 0 Å². The van der Waals surface area contributed by atoms with Crippen LogP contribution in [0.4, 0.5) is 4.39 Å². The predicted molar refractivity (Wildman–Crippen MR) is 67.6 cm³/mol. The van der Waals surface area contributed by atoms with Crippen molar-refractivity contribution in [3.05, 3.63) is 59.3 Å². The van der Waals surface area contributed by atoms with Crippen molar-refractivity contribution in [2.45, 2.75) is 13.2 Å². The molecule has 0 saturated heterocycles. The number of benzene rings is 1. The van der Waals surface area contributed by atoms with Gasteiger partial charge in [-0.1, -0.05) is 17.9 Å². The van der Waals surface area contributed by atoms with Gasteiger partial charge in [-0.15, -0.1) is 0 Å². The van der Waals surface area contributed by atoms with Gasteiger partial charge in [-0.25, -0.2) is 4.39 Å². The van der Waals surface area contributed by atoms with E-state index in [0.717, 1.165) is 11.3 Å². The van der Waals surface area contributed by atoms with Gasteiger partial charge in [0.25, 0.3) is 0 Å². The zero-order chi connectivity index (χ0) is 13.5. The van der Waals surface area contributed by atoms with Gasteiger partial charge < -0.3 is 14.3 Å². The maximum Gasteiger partial charge on any atom is 0.129 e. The smallest absolute Gasteiger partial charge is 0.129 e. The van der Waals surface area contributed by atoms with Gasteiger partial charge in [-0.3, -0.25) is 0 Å². The normalized spacial score (nSPS) is 10.0. The van der Waals surface area contributed by atoms with Gasteiger partial charge in [0, 0.05) is 5.56 Å². The molecule has 0 unspecified atom stereocenters. The Morgan fingerprint density at radius 2 is 2.16 bits per heavy atom. The molecule has 1 aromatic carbocycles. The minimum atomic E-state index is -0.364. The van der Waals surface area contributed by atoms with Gasteiger partial charge in [0.05, 0.1) is 12.9 Å². The number of hydrogen-bond donors (Lipinski definition) is 1. The van der Waals surface area contributed by atoms with Crippen LogP contribution >= 0.6 is 0 Å². The first-order valence-electron chi connectivity index (χ1n) is 5.78. The quantitative estimate of drug-likeness (QED) is 0.859. The second-order valence-electron chi connectivity index (χ2n) is 3.83. The lowest BCUT2D eigenvalue weighted by molar-refractivity contribution is 0.0927. The van der Waals surface area contributed by atoms with E-state index in [-0.39, 0.29) is 12.4 Å². The second kappa shape index (κ2) is 6.74. The summed E-state index contributed by atoms with van der Waals surface area (Å²) >= 11 is 0. The van der Waals surface area contributed by atoms with E-state index in [1.165, 1.54) is 12.1 Å². The van der Waals surface area contributed by atoms with Crippen molar-refractivity contribution in [1.29, 1.82) is 0 Å². The molecule has 19 heavy (non-hydrogen) atoms. The highest BCUT2D eigenvalue weighted by Crippen LogP contribution is 2.13. The minimum Gasteiger partial charge on any atom is -0.467 e. The van der Waals surface area contributed by atoms with E-state index in [1.807, 2.05) is 6.07 Å². The van der Waals surface area contributed by atoms with Gasteiger partial charge in [0.2, 0.25) is 0 Å². The van der Waals surface area contributed by atoms with Crippen LogP contribution in [0.15, 0.2) is 41.0 Å². The molecule has 0 saturated carbocycles. The number of hydrogen-bond acceptors (Lipinski definition) is 3. The fraction of sp³-hybridized carbons (Fsp3) is 0.200. The van der Waals surface area contributed by atoms with Crippen molar-refractivity contribution in [2.75, 3.05) is 6.61 Å². The molecule has 0 bridgehead atoms. The average Bonchev–Trinajstić information content (AvgIpc) is 2.91. The number of aliphatic hydroxyl groups excluding tert-OH is 1. The van der Waals surface area contributed by atoms with Gasteiger partial charge >= 0.3 is 0 Å². The third-order valence-corrected chi connectivity index (χ3v) is 2.46. The highest BCUT2D eigenvalue weighted by atomic mass is 19.1. The highest BCUT2D eigenvalue weighted by Gasteiger charge is 2.03. The van der Waals surface area contributed by atoms with Gasteiger partial charge in [0.15, 0.2) is 0 Å². The molecular weight excluding hydrogens is 247 g/mol. The fourth-order valence-corrected chi connectivity index (χ4v) is 1.58. The molecule has 0 radical (unpaired) electrons. The predicted octanol–water partition coefficient (Wildman–Crippen LogP) is 2.48. The van der Waals surface area contributed by atoms with E-state index in [0.29, 0.717) is 18.8 Å². The van der Waals surface area contributed by atoms with Crippen molar-refractivity contribution in [3.8, 4) is 11.8 Å². The molecule has 4 heteroatoms. The van der Waals surface area contributed by atoms with Crippen LogP contribution in [-0.4, -0.2) is 11.7 Å². The molecule has 0 spiro atoms. The van der Waals surface area contributed by atoms with E-state index in [4.69, 9.17) is 14.3 Å². The molecule has 0 atom stereocenters. The molecule has 0 aliphatic rings. The SMILES string of the molecule is OCC#Cc1cc(F)ccc1COCc1ccco1.